The molecule has 36 heavy (non-hydrogen) atoms. The van der Waals surface area contributed by atoms with Gasteiger partial charge in [0.2, 0.25) is 0 Å². The quantitative estimate of drug-likeness (QED) is 0.391. The smallest absolute Gasteiger partial charge is 0.253 e. The predicted octanol–water partition coefficient (Wildman–Crippen LogP) is 6.08. The summed E-state index contributed by atoms with van der Waals surface area (Å²) in [4.78, 5) is 21.4. The summed E-state index contributed by atoms with van der Waals surface area (Å²) in [6, 6.07) is 12.0. The average molecular weight is 531 g/mol. The molecule has 0 aliphatic carbocycles. The highest BCUT2D eigenvalue weighted by atomic mass is 35.5. The second-order valence-corrected chi connectivity index (χ2v) is 9.94. The van der Waals surface area contributed by atoms with Crippen molar-refractivity contribution in [3.8, 4) is 16.9 Å². The number of hydrogen-bond donors (Lipinski definition) is 1. The number of nitrogens with two attached hydrogens (primary N) is 1. The Morgan fingerprint density at radius 2 is 1.83 bits per heavy atom. The van der Waals surface area contributed by atoms with E-state index in [1.807, 2.05) is 36.2 Å². The lowest BCUT2D eigenvalue weighted by molar-refractivity contribution is 0.0659. The molecule has 0 saturated carbocycles. The van der Waals surface area contributed by atoms with Crippen molar-refractivity contribution in [1.29, 1.82) is 0 Å². The number of nitrogens with zero attached hydrogens (tertiary/aromatic N) is 3. The minimum Gasteiger partial charge on any atom is -0.482 e. The van der Waals surface area contributed by atoms with E-state index in [4.69, 9.17) is 33.7 Å². The fourth-order valence-corrected chi connectivity index (χ4v) is 5.11. The van der Waals surface area contributed by atoms with Crippen molar-refractivity contribution in [2.75, 3.05) is 32.9 Å². The Morgan fingerprint density at radius 1 is 1.17 bits per heavy atom. The van der Waals surface area contributed by atoms with Gasteiger partial charge in [-0.05, 0) is 75.8 Å². The van der Waals surface area contributed by atoms with E-state index in [0.717, 1.165) is 37.1 Å². The maximum atomic E-state index is 14.0. The Balaban J connectivity index is 1.51. The Morgan fingerprint density at radius 3 is 2.50 bits per heavy atom. The van der Waals surface area contributed by atoms with Crippen LogP contribution in [0.1, 0.15) is 41.8 Å². The summed E-state index contributed by atoms with van der Waals surface area (Å²) >= 11 is 12.4. The van der Waals surface area contributed by atoms with Crippen LogP contribution in [-0.4, -0.2) is 53.9 Å². The number of carbonyl (C=O) groups excluding carboxylic acids is 1. The number of aromatic nitrogens is 1. The molecule has 1 saturated heterocycles. The summed E-state index contributed by atoms with van der Waals surface area (Å²) in [7, 11) is 3.98. The van der Waals surface area contributed by atoms with Gasteiger partial charge in [0.15, 0.2) is 11.6 Å². The monoisotopic (exact) mass is 530 g/mol. The van der Waals surface area contributed by atoms with Gasteiger partial charge in [-0.2, -0.15) is 0 Å². The Bertz CT molecular complexity index is 1250. The third kappa shape index (κ3) is 5.59. The van der Waals surface area contributed by atoms with Gasteiger partial charge in [0.25, 0.3) is 5.91 Å². The molecule has 0 radical (unpaired) electrons. The van der Waals surface area contributed by atoms with Crippen molar-refractivity contribution in [3.63, 3.8) is 0 Å². The Labute approximate surface area is 220 Å². The molecule has 2 heterocycles. The largest absolute Gasteiger partial charge is 0.482 e. The van der Waals surface area contributed by atoms with E-state index < -0.39 is 11.9 Å². The van der Waals surface area contributed by atoms with Crippen molar-refractivity contribution in [2.45, 2.75) is 31.9 Å². The zero-order valence-corrected chi connectivity index (χ0v) is 22.0. The molecule has 3 aromatic rings. The second-order valence-electron chi connectivity index (χ2n) is 9.15. The summed E-state index contributed by atoms with van der Waals surface area (Å²) in [5.74, 6) is -0.0740. The van der Waals surface area contributed by atoms with Gasteiger partial charge in [0.1, 0.15) is 11.9 Å². The first-order chi connectivity index (χ1) is 17.2. The zero-order chi connectivity index (χ0) is 26.0. The molecule has 6 nitrogen and oxygen atoms in total. The van der Waals surface area contributed by atoms with Crippen molar-refractivity contribution in [3.05, 3.63) is 75.7 Å². The normalized spacial score (nSPS) is 15.5. The van der Waals surface area contributed by atoms with Crippen LogP contribution in [-0.2, 0) is 0 Å². The molecule has 9 heteroatoms. The fourth-order valence-electron chi connectivity index (χ4n) is 4.43. The van der Waals surface area contributed by atoms with E-state index in [1.165, 1.54) is 12.1 Å². The molecular formula is C27H29Cl2FN4O2. The predicted molar refractivity (Wildman–Crippen MR) is 142 cm³/mol. The van der Waals surface area contributed by atoms with E-state index >= 15 is 0 Å². The highest BCUT2D eigenvalue weighted by Gasteiger charge is 2.25. The summed E-state index contributed by atoms with van der Waals surface area (Å²) in [5, 5.41) is 0.199. The van der Waals surface area contributed by atoms with E-state index in [0.29, 0.717) is 21.9 Å². The maximum absolute atomic E-state index is 14.0. The first-order valence-electron chi connectivity index (χ1n) is 11.8. The summed E-state index contributed by atoms with van der Waals surface area (Å²) < 4.78 is 20.0. The lowest BCUT2D eigenvalue weighted by atomic mass is 10.0. The molecule has 1 fully saturated rings. The van der Waals surface area contributed by atoms with Crippen molar-refractivity contribution >= 4 is 34.9 Å². The summed E-state index contributed by atoms with van der Waals surface area (Å²) in [6.07, 6.45) is 2.91. The molecule has 1 unspecified atom stereocenters. The molecule has 0 bridgehead atoms. The van der Waals surface area contributed by atoms with Crippen molar-refractivity contribution in [2.24, 2.45) is 0 Å². The van der Waals surface area contributed by atoms with Gasteiger partial charge in [-0.15, -0.1) is 0 Å². The number of amides is 1. The third-order valence-corrected chi connectivity index (χ3v) is 7.41. The van der Waals surface area contributed by atoms with Crippen LogP contribution in [0, 0.1) is 5.82 Å². The summed E-state index contributed by atoms with van der Waals surface area (Å²) in [6.45, 7) is 3.69. The first kappa shape index (κ1) is 26.2. The zero-order valence-electron chi connectivity index (χ0n) is 20.5. The third-order valence-electron chi connectivity index (χ3n) is 6.69. The fraction of sp³-hybridized carbons (Fsp3) is 0.333. The van der Waals surface area contributed by atoms with Crippen LogP contribution in [0.2, 0.25) is 10.0 Å². The number of carbonyl (C=O) groups is 1. The van der Waals surface area contributed by atoms with Gasteiger partial charge < -0.3 is 20.3 Å². The van der Waals surface area contributed by atoms with Gasteiger partial charge in [-0.1, -0.05) is 35.3 Å². The summed E-state index contributed by atoms with van der Waals surface area (Å²) in [5.41, 5.74) is 8.61. The van der Waals surface area contributed by atoms with E-state index in [-0.39, 0.29) is 22.8 Å². The number of likely N-dealkylation sites (tertiary alicyclic amines) is 1. The molecule has 2 N–H and O–H groups in total. The lowest BCUT2D eigenvalue weighted by Gasteiger charge is -2.35. The molecule has 4 rings (SSSR count). The molecule has 190 valence electrons. The second kappa shape index (κ2) is 11.0. The number of halogens is 3. The number of benzene rings is 2. The molecule has 1 atom stereocenters. The van der Waals surface area contributed by atoms with Crippen LogP contribution >= 0.6 is 23.2 Å². The van der Waals surface area contributed by atoms with E-state index in [2.05, 4.69) is 16.9 Å². The first-order valence-corrected chi connectivity index (χ1v) is 12.5. The van der Waals surface area contributed by atoms with Crippen LogP contribution in [0.3, 0.4) is 0 Å². The number of nitrogen functional groups attached to an aromatic ring is 1. The minimum absolute atomic E-state index is 0.00762. The number of rotatable bonds is 6. The SMILES string of the molecule is CC(Oc1cc(-c2ccc(C(=O)N(C)C3CCN(C)CC3)cc2)cnc1N)c1c(Cl)ccc(F)c1Cl. The minimum atomic E-state index is -0.671. The van der Waals surface area contributed by atoms with Crippen LogP contribution in [0.5, 0.6) is 5.75 Å². The molecule has 0 spiro atoms. The number of piperidine rings is 1. The highest BCUT2D eigenvalue weighted by molar-refractivity contribution is 6.36. The van der Waals surface area contributed by atoms with Gasteiger partial charge in [0, 0.05) is 41.0 Å². The average Bonchev–Trinajstić information content (AvgIpc) is 2.87. The van der Waals surface area contributed by atoms with Gasteiger partial charge in [0.05, 0.1) is 5.02 Å². The van der Waals surface area contributed by atoms with Gasteiger partial charge in [-0.3, -0.25) is 4.79 Å². The molecule has 1 aliphatic heterocycles. The molecule has 2 aromatic carbocycles. The number of anilines is 1. The van der Waals surface area contributed by atoms with Crippen molar-refractivity contribution in [1.82, 2.24) is 14.8 Å². The van der Waals surface area contributed by atoms with Crippen LogP contribution in [0.4, 0.5) is 10.2 Å². The van der Waals surface area contributed by atoms with Crippen LogP contribution < -0.4 is 10.5 Å². The van der Waals surface area contributed by atoms with Gasteiger partial charge >= 0.3 is 0 Å². The molecule has 1 aromatic heterocycles. The number of pyridine rings is 1. The van der Waals surface area contributed by atoms with Crippen LogP contribution in [0.25, 0.3) is 11.1 Å². The lowest BCUT2D eigenvalue weighted by Crippen LogP contribution is -2.44. The number of hydrogen-bond acceptors (Lipinski definition) is 5. The highest BCUT2D eigenvalue weighted by Crippen LogP contribution is 2.37. The molecule has 1 aliphatic rings. The van der Waals surface area contributed by atoms with Crippen molar-refractivity contribution < 1.29 is 13.9 Å². The number of ether oxygens (including phenoxy) is 1. The Kier molecular flexibility index (Phi) is 8.03. The van der Waals surface area contributed by atoms with E-state index in [1.54, 1.807) is 19.2 Å². The standard InChI is InChI=1S/C27H29Cl2FN4O2/c1-16(24-21(28)8-9-22(30)25(24)29)36-23-14-19(15-32-26(23)31)17-4-6-18(7-5-17)27(35)34(3)20-10-12-33(2)13-11-20/h4-9,14-16,20H,10-13H2,1-3H3,(H2,31,32). The Hall–Kier alpha value is -2.87. The van der Waals surface area contributed by atoms with Crippen LogP contribution in [0.15, 0.2) is 48.7 Å². The maximum Gasteiger partial charge on any atom is 0.253 e. The topological polar surface area (TPSA) is 71.7 Å². The molecule has 1 amide bonds. The molecular weight excluding hydrogens is 502 g/mol. The van der Waals surface area contributed by atoms with E-state index in [9.17, 15) is 9.18 Å². The van der Waals surface area contributed by atoms with Gasteiger partial charge in [-0.25, -0.2) is 9.37 Å².